The Hall–Kier alpha value is -5.32. The zero-order valence-electron chi connectivity index (χ0n) is 35.2. The van der Waals surface area contributed by atoms with Gasteiger partial charge in [-0.3, -0.25) is 9.59 Å². The van der Waals surface area contributed by atoms with Gasteiger partial charge in [-0.2, -0.15) is 10.1 Å². The molecule has 20 nitrogen and oxygen atoms in total. The standard InChI is InChI=1S/C42H57N9O11/c1-30(52)45-7-9-54-10-11-55-12-13-56-14-15-57-16-17-58-18-19-59-20-21-60-22-23-61-28-37(53)50-8-6-32-24-31(2-3-34(32)27-50)26-51-41-38(40(43)46-29-47-41)39(49-51)33-4-5-36-35(25-33)48-42(44)62-36/h2-5,24-25,29H,6-23,26-28H2,1H3,(H2,44,48)(H,45,52)(H2,43,46,47). The third-order valence-corrected chi connectivity index (χ3v) is 9.65. The highest BCUT2D eigenvalue weighted by molar-refractivity contribution is 5.99. The fraction of sp³-hybridized carbons (Fsp3) is 0.524. The molecule has 0 saturated heterocycles. The molecule has 0 bridgehead atoms. The molecule has 336 valence electrons. The SMILES string of the molecule is CC(=O)NCCOCCOCCOCCOCCOCCOCCOCCOCC(=O)N1CCc2cc(Cn3nc(-c4ccc5oc(N)nc5c4)c4c(N)ncnc43)ccc2C1. The maximum absolute atomic E-state index is 13.0. The lowest BCUT2D eigenvalue weighted by molar-refractivity contribution is -0.137. The number of amides is 2. The molecule has 0 radical (unpaired) electrons. The molecule has 4 heterocycles. The summed E-state index contributed by atoms with van der Waals surface area (Å²) in [6.07, 6.45) is 2.17. The molecule has 2 aromatic carbocycles. The molecule has 20 heteroatoms. The monoisotopic (exact) mass is 863 g/mol. The summed E-state index contributed by atoms with van der Waals surface area (Å²) in [6, 6.07) is 11.9. The Morgan fingerprint density at radius 3 is 1.98 bits per heavy atom. The number of hydrogen-bond acceptors (Lipinski definition) is 17. The van der Waals surface area contributed by atoms with Gasteiger partial charge in [0.1, 0.15) is 30.0 Å². The van der Waals surface area contributed by atoms with E-state index in [2.05, 4.69) is 38.5 Å². The molecule has 0 atom stereocenters. The fourth-order valence-electron chi connectivity index (χ4n) is 6.62. The van der Waals surface area contributed by atoms with Crippen LogP contribution in [0, 0.1) is 0 Å². The number of aromatic nitrogens is 5. The van der Waals surface area contributed by atoms with E-state index in [0.29, 0.717) is 159 Å². The molecule has 0 spiro atoms. The summed E-state index contributed by atoms with van der Waals surface area (Å²) in [5.74, 6) is 0.206. The summed E-state index contributed by atoms with van der Waals surface area (Å²) < 4.78 is 51.2. The number of carbonyl (C=O) groups excluding carboxylic acids is 2. The predicted molar refractivity (Wildman–Crippen MR) is 227 cm³/mol. The zero-order chi connectivity index (χ0) is 43.4. The van der Waals surface area contributed by atoms with E-state index in [0.717, 1.165) is 23.1 Å². The van der Waals surface area contributed by atoms with E-state index in [-0.39, 0.29) is 24.4 Å². The molecular weight excluding hydrogens is 807 g/mol. The van der Waals surface area contributed by atoms with Crippen LogP contribution in [0.2, 0.25) is 0 Å². The minimum Gasteiger partial charge on any atom is -0.424 e. The maximum Gasteiger partial charge on any atom is 0.292 e. The van der Waals surface area contributed by atoms with Crippen LogP contribution in [0.1, 0.15) is 23.6 Å². The van der Waals surface area contributed by atoms with Gasteiger partial charge < -0.3 is 64.0 Å². The molecule has 0 unspecified atom stereocenters. The Morgan fingerprint density at radius 2 is 1.35 bits per heavy atom. The van der Waals surface area contributed by atoms with E-state index in [1.807, 2.05) is 21.7 Å². The largest absolute Gasteiger partial charge is 0.424 e. The molecule has 3 aromatic heterocycles. The van der Waals surface area contributed by atoms with E-state index in [9.17, 15) is 9.59 Å². The predicted octanol–water partition coefficient (Wildman–Crippen LogP) is 2.00. The molecule has 0 saturated carbocycles. The summed E-state index contributed by atoms with van der Waals surface area (Å²) >= 11 is 0. The van der Waals surface area contributed by atoms with Crippen molar-refractivity contribution in [3.63, 3.8) is 0 Å². The number of nitrogens with two attached hydrogens (primary N) is 2. The minimum atomic E-state index is -0.0704. The van der Waals surface area contributed by atoms with Gasteiger partial charge in [0.2, 0.25) is 11.8 Å². The Bertz CT molecular complexity index is 2170. The molecule has 6 rings (SSSR count). The van der Waals surface area contributed by atoms with Crippen LogP contribution >= 0.6 is 0 Å². The van der Waals surface area contributed by atoms with Gasteiger partial charge >= 0.3 is 0 Å². The molecule has 0 fully saturated rings. The number of hydrogen-bond donors (Lipinski definition) is 3. The summed E-state index contributed by atoms with van der Waals surface area (Å²) in [5, 5.41) is 8.23. The minimum absolute atomic E-state index is 0.00621. The highest BCUT2D eigenvalue weighted by atomic mass is 16.6. The van der Waals surface area contributed by atoms with Crippen LogP contribution in [0.25, 0.3) is 33.4 Å². The topological polar surface area (TPSA) is 245 Å². The van der Waals surface area contributed by atoms with Crippen molar-refractivity contribution in [3.8, 4) is 11.3 Å². The lowest BCUT2D eigenvalue weighted by Crippen LogP contribution is -2.38. The molecule has 0 aliphatic carbocycles. The Labute approximate surface area is 359 Å². The number of fused-ring (bicyclic) bond motifs is 3. The van der Waals surface area contributed by atoms with Crippen LogP contribution in [0.5, 0.6) is 0 Å². The van der Waals surface area contributed by atoms with Crippen LogP contribution in [0.4, 0.5) is 11.8 Å². The van der Waals surface area contributed by atoms with Gasteiger partial charge in [0.15, 0.2) is 11.2 Å². The van der Waals surface area contributed by atoms with Crippen molar-refractivity contribution in [3.05, 3.63) is 59.4 Å². The number of ether oxygens (including phenoxy) is 8. The maximum atomic E-state index is 13.0. The number of anilines is 2. The third-order valence-electron chi connectivity index (χ3n) is 9.65. The number of carbonyl (C=O) groups is 2. The van der Waals surface area contributed by atoms with Crippen molar-refractivity contribution in [2.75, 3.05) is 130 Å². The van der Waals surface area contributed by atoms with Gasteiger partial charge in [-0.15, -0.1) is 0 Å². The van der Waals surface area contributed by atoms with Crippen LogP contribution in [-0.2, 0) is 67.0 Å². The number of benzene rings is 2. The van der Waals surface area contributed by atoms with E-state index < -0.39 is 0 Å². The number of oxazole rings is 1. The quantitative estimate of drug-likeness (QED) is 0.0582. The van der Waals surface area contributed by atoms with Crippen molar-refractivity contribution in [1.82, 2.24) is 34.9 Å². The van der Waals surface area contributed by atoms with Crippen molar-refractivity contribution >= 4 is 45.8 Å². The number of nitrogen functional groups attached to an aromatic ring is 2. The molecule has 2 amide bonds. The number of nitrogens with zero attached hydrogens (tertiary/aromatic N) is 6. The Kier molecular flexibility index (Phi) is 18.6. The summed E-state index contributed by atoms with van der Waals surface area (Å²) in [4.78, 5) is 38.5. The lowest BCUT2D eigenvalue weighted by atomic mass is 9.97. The molecule has 5 aromatic rings. The van der Waals surface area contributed by atoms with Crippen LogP contribution in [0.3, 0.4) is 0 Å². The van der Waals surface area contributed by atoms with Crippen LogP contribution in [-0.4, -0.2) is 160 Å². The molecule has 1 aliphatic heterocycles. The Balaban J connectivity index is 0.768. The van der Waals surface area contributed by atoms with Crippen molar-refractivity contribution < 1.29 is 51.9 Å². The first-order chi connectivity index (χ1) is 30.4. The molecular formula is C42H57N9O11. The van der Waals surface area contributed by atoms with E-state index in [1.54, 1.807) is 6.07 Å². The fourth-order valence-corrected chi connectivity index (χ4v) is 6.62. The Morgan fingerprint density at radius 1 is 0.742 bits per heavy atom. The van der Waals surface area contributed by atoms with Gasteiger partial charge in [-0.05, 0) is 41.3 Å². The lowest BCUT2D eigenvalue weighted by Gasteiger charge is -2.29. The van der Waals surface area contributed by atoms with Crippen molar-refractivity contribution in [1.29, 1.82) is 0 Å². The molecule has 1 aliphatic rings. The highest BCUT2D eigenvalue weighted by Gasteiger charge is 2.22. The normalized spacial score (nSPS) is 12.7. The first kappa shape index (κ1) is 46.2. The van der Waals surface area contributed by atoms with Gasteiger partial charge in [0.25, 0.3) is 6.01 Å². The summed E-state index contributed by atoms with van der Waals surface area (Å²) in [7, 11) is 0. The first-order valence-corrected chi connectivity index (χ1v) is 20.7. The van der Waals surface area contributed by atoms with Crippen LogP contribution in [0.15, 0.2) is 47.1 Å². The second-order valence-electron chi connectivity index (χ2n) is 14.2. The molecule has 5 N–H and O–H groups in total. The highest BCUT2D eigenvalue weighted by Crippen LogP contribution is 2.33. The number of rotatable bonds is 29. The van der Waals surface area contributed by atoms with E-state index >= 15 is 0 Å². The average molecular weight is 864 g/mol. The second kappa shape index (κ2) is 25.0. The number of nitrogens with one attached hydrogen (secondary N) is 1. The summed E-state index contributed by atoms with van der Waals surface area (Å²) in [6.45, 7) is 10.2. The zero-order valence-corrected chi connectivity index (χ0v) is 35.2. The van der Waals surface area contributed by atoms with Crippen LogP contribution < -0.4 is 16.8 Å². The van der Waals surface area contributed by atoms with E-state index in [4.69, 9.17) is 58.9 Å². The van der Waals surface area contributed by atoms with E-state index in [1.165, 1.54) is 18.8 Å². The average Bonchev–Trinajstić information content (AvgIpc) is 3.84. The van der Waals surface area contributed by atoms with Gasteiger partial charge in [0.05, 0.1) is 111 Å². The smallest absolute Gasteiger partial charge is 0.292 e. The third kappa shape index (κ3) is 14.4. The second-order valence-corrected chi connectivity index (χ2v) is 14.2. The van der Waals surface area contributed by atoms with Gasteiger partial charge in [0, 0.05) is 32.1 Å². The van der Waals surface area contributed by atoms with Crippen molar-refractivity contribution in [2.24, 2.45) is 0 Å². The van der Waals surface area contributed by atoms with Crippen molar-refractivity contribution in [2.45, 2.75) is 26.4 Å². The molecule has 62 heavy (non-hydrogen) atoms. The van der Waals surface area contributed by atoms with Gasteiger partial charge in [-0.1, -0.05) is 18.2 Å². The van der Waals surface area contributed by atoms with Gasteiger partial charge in [-0.25, -0.2) is 14.6 Å². The first-order valence-electron chi connectivity index (χ1n) is 20.7. The summed E-state index contributed by atoms with van der Waals surface area (Å²) in [5.41, 5.74) is 18.7.